The molecule has 1 saturated heterocycles. The molecule has 2 rings (SSSR count). The van der Waals surface area contributed by atoms with Crippen molar-refractivity contribution in [2.24, 2.45) is 5.92 Å². The van der Waals surface area contributed by atoms with E-state index < -0.39 is 0 Å². The van der Waals surface area contributed by atoms with Crippen LogP contribution in [0, 0.1) is 5.92 Å². The SMILES string of the molecule is CC(C)CCC(C)NC(=O)c1sc(N2CCCC2)nc1N. The maximum absolute atomic E-state index is 12.3. The number of hydrogen-bond acceptors (Lipinski definition) is 5. The molecule has 1 fully saturated rings. The van der Waals surface area contributed by atoms with Crippen LogP contribution in [0.2, 0.25) is 0 Å². The highest BCUT2D eigenvalue weighted by Crippen LogP contribution is 2.30. The van der Waals surface area contributed by atoms with E-state index >= 15 is 0 Å². The van der Waals surface area contributed by atoms with E-state index in [0.717, 1.165) is 31.1 Å². The molecular formula is C15H26N4OS. The van der Waals surface area contributed by atoms with Gasteiger partial charge in [0.15, 0.2) is 5.13 Å². The van der Waals surface area contributed by atoms with Gasteiger partial charge >= 0.3 is 0 Å². The number of carbonyl (C=O) groups excluding carboxylic acids is 1. The van der Waals surface area contributed by atoms with Gasteiger partial charge in [0.1, 0.15) is 10.7 Å². The molecule has 1 aromatic heterocycles. The first-order chi connectivity index (χ1) is 9.97. The third-order valence-corrected chi connectivity index (χ3v) is 4.91. The van der Waals surface area contributed by atoms with Gasteiger partial charge in [0.2, 0.25) is 0 Å². The minimum Gasteiger partial charge on any atom is -0.382 e. The number of anilines is 2. The molecule has 0 saturated carbocycles. The number of nitrogens with zero attached hydrogens (tertiary/aromatic N) is 2. The number of thiazole rings is 1. The lowest BCUT2D eigenvalue weighted by Gasteiger charge is -2.14. The summed E-state index contributed by atoms with van der Waals surface area (Å²) in [6.45, 7) is 8.45. The first-order valence-electron chi connectivity index (χ1n) is 7.79. The van der Waals surface area contributed by atoms with Crippen LogP contribution in [0.15, 0.2) is 0 Å². The number of hydrogen-bond donors (Lipinski definition) is 2. The highest BCUT2D eigenvalue weighted by Gasteiger charge is 2.22. The van der Waals surface area contributed by atoms with Gasteiger partial charge in [0.25, 0.3) is 5.91 Å². The van der Waals surface area contributed by atoms with Crippen LogP contribution in [0.3, 0.4) is 0 Å². The lowest BCUT2D eigenvalue weighted by molar-refractivity contribution is 0.0942. The predicted molar refractivity (Wildman–Crippen MR) is 89.0 cm³/mol. The van der Waals surface area contributed by atoms with Crippen molar-refractivity contribution < 1.29 is 4.79 Å². The standard InChI is InChI=1S/C15H26N4OS/c1-10(2)6-7-11(3)17-14(20)12-13(16)18-15(21-12)19-8-4-5-9-19/h10-11H,4-9,16H2,1-3H3,(H,17,20). The minimum atomic E-state index is -0.0910. The Bertz CT molecular complexity index is 480. The zero-order chi connectivity index (χ0) is 15.4. The monoisotopic (exact) mass is 310 g/mol. The third-order valence-electron chi connectivity index (χ3n) is 3.78. The number of amides is 1. The van der Waals surface area contributed by atoms with Gasteiger partial charge in [-0.25, -0.2) is 4.98 Å². The maximum Gasteiger partial charge on any atom is 0.265 e. The molecule has 3 N–H and O–H groups in total. The van der Waals surface area contributed by atoms with E-state index in [1.165, 1.54) is 24.2 Å². The molecule has 0 spiro atoms. The summed E-state index contributed by atoms with van der Waals surface area (Å²) >= 11 is 1.41. The molecule has 2 heterocycles. The lowest BCUT2D eigenvalue weighted by Crippen LogP contribution is -2.32. The van der Waals surface area contributed by atoms with Crippen molar-refractivity contribution in [2.75, 3.05) is 23.7 Å². The van der Waals surface area contributed by atoms with Gasteiger partial charge in [-0.15, -0.1) is 0 Å². The van der Waals surface area contributed by atoms with E-state index in [-0.39, 0.29) is 11.9 Å². The van der Waals surface area contributed by atoms with E-state index in [4.69, 9.17) is 5.73 Å². The zero-order valence-corrected chi connectivity index (χ0v) is 14.0. The number of rotatable bonds is 6. The van der Waals surface area contributed by atoms with E-state index in [2.05, 4.69) is 29.0 Å². The Hall–Kier alpha value is -1.30. The Morgan fingerprint density at radius 1 is 1.33 bits per heavy atom. The van der Waals surface area contributed by atoms with Crippen molar-refractivity contribution >= 4 is 28.2 Å². The summed E-state index contributed by atoms with van der Waals surface area (Å²) in [5, 5.41) is 3.91. The van der Waals surface area contributed by atoms with Crippen LogP contribution >= 0.6 is 11.3 Å². The third kappa shape index (κ3) is 4.33. The van der Waals surface area contributed by atoms with Gasteiger partial charge in [0.05, 0.1) is 0 Å². The van der Waals surface area contributed by atoms with Crippen LogP contribution in [-0.4, -0.2) is 30.0 Å². The zero-order valence-electron chi connectivity index (χ0n) is 13.2. The Labute approximate surface area is 130 Å². The normalized spacial score (nSPS) is 16.5. The van der Waals surface area contributed by atoms with E-state index in [1.807, 2.05) is 6.92 Å². The van der Waals surface area contributed by atoms with Crippen LogP contribution in [0.5, 0.6) is 0 Å². The second-order valence-electron chi connectivity index (χ2n) is 6.25. The Morgan fingerprint density at radius 2 is 2.00 bits per heavy atom. The summed E-state index contributed by atoms with van der Waals surface area (Å²) in [5.41, 5.74) is 5.92. The molecule has 0 bridgehead atoms. The highest BCUT2D eigenvalue weighted by molar-refractivity contribution is 7.18. The average molecular weight is 310 g/mol. The minimum absolute atomic E-state index is 0.0910. The molecule has 1 aromatic rings. The Balaban J connectivity index is 1.95. The smallest absolute Gasteiger partial charge is 0.265 e. The van der Waals surface area contributed by atoms with Crippen LogP contribution in [-0.2, 0) is 0 Å². The molecule has 1 aliphatic rings. The van der Waals surface area contributed by atoms with E-state index in [1.54, 1.807) is 0 Å². The molecule has 0 radical (unpaired) electrons. The summed E-state index contributed by atoms with van der Waals surface area (Å²) in [4.78, 5) is 19.4. The summed E-state index contributed by atoms with van der Waals surface area (Å²) in [6, 6.07) is 0.164. The molecule has 5 nitrogen and oxygen atoms in total. The number of nitrogen functional groups attached to an aromatic ring is 1. The van der Waals surface area contributed by atoms with Gasteiger partial charge in [-0.05, 0) is 38.5 Å². The van der Waals surface area contributed by atoms with Crippen LogP contribution in [0.25, 0.3) is 0 Å². The van der Waals surface area contributed by atoms with Crippen molar-refractivity contribution in [3.63, 3.8) is 0 Å². The summed E-state index contributed by atoms with van der Waals surface area (Å²) in [5.74, 6) is 0.918. The first-order valence-corrected chi connectivity index (χ1v) is 8.61. The molecule has 118 valence electrons. The molecule has 0 aliphatic carbocycles. The summed E-state index contributed by atoms with van der Waals surface area (Å²) in [6.07, 6.45) is 4.47. The number of aromatic nitrogens is 1. The van der Waals surface area contributed by atoms with Gasteiger partial charge in [-0.3, -0.25) is 4.79 Å². The second-order valence-corrected chi connectivity index (χ2v) is 7.23. The molecule has 1 unspecified atom stereocenters. The molecular weight excluding hydrogens is 284 g/mol. The number of nitrogens with one attached hydrogen (secondary N) is 1. The largest absolute Gasteiger partial charge is 0.382 e. The van der Waals surface area contributed by atoms with Gasteiger partial charge in [-0.1, -0.05) is 25.2 Å². The molecule has 1 amide bonds. The summed E-state index contributed by atoms with van der Waals surface area (Å²) in [7, 11) is 0. The first kappa shape index (κ1) is 16.1. The fourth-order valence-electron chi connectivity index (χ4n) is 2.47. The topological polar surface area (TPSA) is 71.2 Å². The fourth-order valence-corrected chi connectivity index (χ4v) is 3.41. The fraction of sp³-hybridized carbons (Fsp3) is 0.733. The van der Waals surface area contributed by atoms with Crippen molar-refractivity contribution in [3.05, 3.63) is 4.88 Å². The molecule has 6 heteroatoms. The van der Waals surface area contributed by atoms with E-state index in [0.29, 0.717) is 16.6 Å². The Morgan fingerprint density at radius 3 is 2.62 bits per heavy atom. The quantitative estimate of drug-likeness (QED) is 0.847. The molecule has 1 atom stereocenters. The van der Waals surface area contributed by atoms with Crippen molar-refractivity contribution in [2.45, 2.75) is 52.5 Å². The number of nitrogens with two attached hydrogens (primary N) is 1. The highest BCUT2D eigenvalue weighted by atomic mass is 32.1. The number of carbonyl (C=O) groups is 1. The van der Waals surface area contributed by atoms with Crippen molar-refractivity contribution in [1.29, 1.82) is 0 Å². The van der Waals surface area contributed by atoms with Gasteiger partial charge < -0.3 is 16.0 Å². The molecule has 1 aliphatic heterocycles. The van der Waals surface area contributed by atoms with E-state index in [9.17, 15) is 4.79 Å². The predicted octanol–water partition coefficient (Wildman–Crippen LogP) is 2.88. The van der Waals surface area contributed by atoms with Crippen LogP contribution < -0.4 is 16.0 Å². The van der Waals surface area contributed by atoms with Gasteiger partial charge in [-0.2, -0.15) is 0 Å². The average Bonchev–Trinajstić information content (AvgIpc) is 3.05. The molecule has 0 aromatic carbocycles. The van der Waals surface area contributed by atoms with Crippen molar-refractivity contribution in [1.82, 2.24) is 10.3 Å². The Kier molecular flexibility index (Phi) is 5.45. The van der Waals surface area contributed by atoms with Gasteiger partial charge in [0, 0.05) is 19.1 Å². The maximum atomic E-state index is 12.3. The lowest BCUT2D eigenvalue weighted by atomic mass is 10.0. The van der Waals surface area contributed by atoms with Crippen LogP contribution in [0.1, 0.15) is 56.1 Å². The summed E-state index contributed by atoms with van der Waals surface area (Å²) < 4.78 is 0. The molecule has 21 heavy (non-hydrogen) atoms. The van der Waals surface area contributed by atoms with Crippen molar-refractivity contribution in [3.8, 4) is 0 Å². The van der Waals surface area contributed by atoms with Crippen LogP contribution in [0.4, 0.5) is 10.9 Å². The second kappa shape index (κ2) is 7.11.